The van der Waals surface area contributed by atoms with Crippen molar-refractivity contribution in [2.45, 2.75) is 39.7 Å². The van der Waals surface area contributed by atoms with Gasteiger partial charge in [0.25, 0.3) is 5.91 Å². The minimum Gasteiger partial charge on any atom is -0.466 e. The van der Waals surface area contributed by atoms with E-state index in [1.165, 1.54) is 0 Å². The summed E-state index contributed by atoms with van der Waals surface area (Å²) in [6.07, 6.45) is 0.749. The zero-order valence-electron chi connectivity index (χ0n) is 13.5. The van der Waals surface area contributed by atoms with E-state index in [2.05, 4.69) is 0 Å². The average molecular weight is 307 g/mol. The third-order valence-electron chi connectivity index (χ3n) is 3.54. The van der Waals surface area contributed by atoms with Gasteiger partial charge in [-0.15, -0.1) is 0 Å². The number of esters is 1. The number of rotatable bonds is 8. The van der Waals surface area contributed by atoms with Crippen LogP contribution in [0, 0.1) is 6.92 Å². The highest BCUT2D eigenvalue weighted by Crippen LogP contribution is 2.13. The summed E-state index contributed by atoms with van der Waals surface area (Å²) in [7, 11) is 0. The number of hydrogen-bond donors (Lipinski definition) is 1. The summed E-state index contributed by atoms with van der Waals surface area (Å²) in [6.45, 7) is 6.04. The molecule has 122 valence electrons. The highest BCUT2D eigenvalue weighted by Gasteiger charge is 2.23. The summed E-state index contributed by atoms with van der Waals surface area (Å²) in [4.78, 5) is 25.7. The van der Waals surface area contributed by atoms with Gasteiger partial charge in [-0.25, -0.2) is 0 Å². The van der Waals surface area contributed by atoms with Crippen LogP contribution in [0.25, 0.3) is 0 Å². The van der Waals surface area contributed by atoms with Crippen LogP contribution in [0.3, 0.4) is 0 Å². The van der Waals surface area contributed by atoms with Crippen molar-refractivity contribution in [3.63, 3.8) is 0 Å². The second-order valence-corrected chi connectivity index (χ2v) is 5.16. The monoisotopic (exact) mass is 307 g/mol. The van der Waals surface area contributed by atoms with Gasteiger partial charge >= 0.3 is 5.97 Å². The van der Waals surface area contributed by atoms with Crippen LogP contribution in [-0.2, 0) is 9.53 Å². The zero-order valence-corrected chi connectivity index (χ0v) is 13.5. The van der Waals surface area contributed by atoms with E-state index in [1.54, 1.807) is 24.0 Å². The quantitative estimate of drug-likeness (QED) is 0.747. The van der Waals surface area contributed by atoms with E-state index in [0.29, 0.717) is 18.6 Å². The lowest BCUT2D eigenvalue weighted by Crippen LogP contribution is -2.43. The maximum atomic E-state index is 12.6. The van der Waals surface area contributed by atoms with E-state index < -0.39 is 0 Å². The molecular weight excluding hydrogens is 282 g/mol. The van der Waals surface area contributed by atoms with Crippen molar-refractivity contribution in [3.05, 3.63) is 35.4 Å². The summed E-state index contributed by atoms with van der Waals surface area (Å²) < 4.78 is 4.90. The molecular formula is C17H25NO4. The molecule has 1 N–H and O–H groups in total. The van der Waals surface area contributed by atoms with Gasteiger partial charge < -0.3 is 14.7 Å². The van der Waals surface area contributed by atoms with Crippen LogP contribution in [0.2, 0.25) is 0 Å². The lowest BCUT2D eigenvalue weighted by atomic mass is 10.1. The molecule has 1 amide bonds. The zero-order chi connectivity index (χ0) is 16.5. The van der Waals surface area contributed by atoms with Gasteiger partial charge in [-0.3, -0.25) is 9.59 Å². The van der Waals surface area contributed by atoms with Crippen molar-refractivity contribution in [2.75, 3.05) is 19.8 Å². The Bertz CT molecular complexity index is 480. The molecule has 0 saturated heterocycles. The Morgan fingerprint density at radius 3 is 2.36 bits per heavy atom. The van der Waals surface area contributed by atoms with Gasteiger partial charge in [-0.05, 0) is 32.4 Å². The lowest BCUT2D eigenvalue weighted by Gasteiger charge is -2.30. The molecule has 5 nitrogen and oxygen atoms in total. The van der Waals surface area contributed by atoms with E-state index in [9.17, 15) is 14.7 Å². The molecule has 0 bridgehead atoms. The fraction of sp³-hybridized carbons (Fsp3) is 0.529. The number of benzene rings is 1. The number of aryl methyl sites for hydroxylation is 1. The number of aliphatic hydroxyl groups excluding tert-OH is 1. The molecule has 1 rings (SSSR count). The lowest BCUT2D eigenvalue weighted by molar-refractivity contribution is -0.143. The average Bonchev–Trinajstić information content (AvgIpc) is 2.52. The fourth-order valence-electron chi connectivity index (χ4n) is 2.20. The molecule has 22 heavy (non-hydrogen) atoms. The predicted molar refractivity (Wildman–Crippen MR) is 84.6 cm³/mol. The largest absolute Gasteiger partial charge is 0.466 e. The van der Waals surface area contributed by atoms with Crippen LogP contribution >= 0.6 is 0 Å². The van der Waals surface area contributed by atoms with Crippen LogP contribution in [0.5, 0.6) is 0 Å². The first-order valence-corrected chi connectivity index (χ1v) is 7.67. The van der Waals surface area contributed by atoms with Gasteiger partial charge in [0, 0.05) is 12.1 Å². The number of ether oxygens (including phenoxy) is 1. The summed E-state index contributed by atoms with van der Waals surface area (Å²) in [5, 5.41) is 9.49. The van der Waals surface area contributed by atoms with Crippen molar-refractivity contribution >= 4 is 11.9 Å². The second-order valence-electron chi connectivity index (χ2n) is 5.16. The number of aliphatic hydroxyl groups is 1. The fourth-order valence-corrected chi connectivity index (χ4v) is 2.20. The second kappa shape index (κ2) is 9.20. The van der Waals surface area contributed by atoms with Crippen molar-refractivity contribution in [2.24, 2.45) is 0 Å². The summed E-state index contributed by atoms with van der Waals surface area (Å²) in [5.74, 6) is -0.512. The SMILES string of the molecule is CCOC(=O)CCN(C(=O)c1ccc(C)cc1)C(CC)CO. The van der Waals surface area contributed by atoms with E-state index >= 15 is 0 Å². The minimum atomic E-state index is -0.336. The van der Waals surface area contributed by atoms with Crippen LogP contribution in [-0.4, -0.2) is 47.7 Å². The third-order valence-corrected chi connectivity index (χ3v) is 3.54. The minimum absolute atomic E-state index is 0.127. The van der Waals surface area contributed by atoms with Crippen LogP contribution < -0.4 is 0 Å². The number of carbonyl (C=O) groups excluding carboxylic acids is 2. The van der Waals surface area contributed by atoms with Crippen LogP contribution in [0.15, 0.2) is 24.3 Å². The first-order chi connectivity index (χ1) is 10.5. The van der Waals surface area contributed by atoms with Gasteiger partial charge in [-0.1, -0.05) is 24.6 Å². The Morgan fingerprint density at radius 2 is 1.86 bits per heavy atom. The Hall–Kier alpha value is -1.88. The summed E-state index contributed by atoms with van der Waals surface area (Å²) in [5.41, 5.74) is 1.63. The van der Waals surface area contributed by atoms with Crippen LogP contribution in [0.4, 0.5) is 0 Å². The van der Waals surface area contributed by atoms with Crippen molar-refractivity contribution in [1.82, 2.24) is 4.90 Å². The molecule has 1 atom stereocenters. The van der Waals surface area contributed by atoms with Crippen molar-refractivity contribution in [1.29, 1.82) is 0 Å². The first-order valence-electron chi connectivity index (χ1n) is 7.67. The normalized spacial score (nSPS) is 11.8. The van der Waals surface area contributed by atoms with E-state index in [-0.39, 0.29) is 37.5 Å². The molecule has 0 saturated carbocycles. The molecule has 0 aliphatic carbocycles. The van der Waals surface area contributed by atoms with E-state index in [0.717, 1.165) is 5.56 Å². The molecule has 0 aromatic heterocycles. The van der Waals surface area contributed by atoms with Gasteiger partial charge in [0.05, 0.1) is 25.7 Å². The van der Waals surface area contributed by atoms with E-state index in [1.807, 2.05) is 26.0 Å². The van der Waals surface area contributed by atoms with E-state index in [4.69, 9.17) is 4.74 Å². The number of carbonyl (C=O) groups is 2. The van der Waals surface area contributed by atoms with Crippen molar-refractivity contribution < 1.29 is 19.4 Å². The molecule has 0 radical (unpaired) electrons. The maximum Gasteiger partial charge on any atom is 0.307 e. The Labute approximate surface area is 131 Å². The molecule has 0 aliphatic heterocycles. The van der Waals surface area contributed by atoms with Crippen molar-refractivity contribution in [3.8, 4) is 0 Å². The molecule has 0 fully saturated rings. The molecule has 1 aromatic rings. The van der Waals surface area contributed by atoms with Gasteiger partial charge in [0.15, 0.2) is 0 Å². The molecule has 0 heterocycles. The Kier molecular flexibility index (Phi) is 7.60. The smallest absolute Gasteiger partial charge is 0.307 e. The molecule has 0 aliphatic rings. The summed E-state index contributed by atoms with van der Waals surface area (Å²) in [6, 6.07) is 6.97. The topological polar surface area (TPSA) is 66.8 Å². The van der Waals surface area contributed by atoms with Crippen LogP contribution in [0.1, 0.15) is 42.6 Å². The number of amides is 1. The maximum absolute atomic E-state index is 12.6. The van der Waals surface area contributed by atoms with Gasteiger partial charge in [0.2, 0.25) is 0 Å². The van der Waals surface area contributed by atoms with Gasteiger partial charge in [-0.2, -0.15) is 0 Å². The first kappa shape index (κ1) is 18.2. The predicted octanol–water partition coefficient (Wildman–Crippen LogP) is 2.16. The number of hydrogen-bond acceptors (Lipinski definition) is 4. The highest BCUT2D eigenvalue weighted by atomic mass is 16.5. The molecule has 1 unspecified atom stereocenters. The standard InChI is InChI=1S/C17H25NO4/c1-4-15(12-19)18(11-10-16(20)22-5-2)17(21)14-8-6-13(3)7-9-14/h6-9,15,19H,4-5,10-12H2,1-3H3. The Morgan fingerprint density at radius 1 is 1.23 bits per heavy atom. The van der Waals surface area contributed by atoms with Gasteiger partial charge in [0.1, 0.15) is 0 Å². The molecule has 0 spiro atoms. The molecule has 5 heteroatoms. The highest BCUT2D eigenvalue weighted by molar-refractivity contribution is 5.94. The summed E-state index contributed by atoms with van der Waals surface area (Å²) >= 11 is 0. The molecule has 1 aromatic carbocycles. The number of nitrogens with zero attached hydrogens (tertiary/aromatic N) is 1. The third kappa shape index (κ3) is 5.15. The Balaban J connectivity index is 2.86.